The molecule has 2 aromatic heterocycles. The van der Waals surface area contributed by atoms with Gasteiger partial charge in [-0.2, -0.15) is 8.78 Å². The van der Waals surface area contributed by atoms with E-state index in [9.17, 15) is 23.8 Å². The third kappa shape index (κ3) is 3.93. The van der Waals surface area contributed by atoms with E-state index in [2.05, 4.69) is 9.97 Å². The molecular weight excluding hydrogens is 502 g/mol. The highest BCUT2D eigenvalue weighted by Crippen LogP contribution is 2.55. The number of carboxylic acids is 1. The van der Waals surface area contributed by atoms with Crippen LogP contribution in [0.25, 0.3) is 22.2 Å². The Kier molecular flexibility index (Phi) is 5.46. The second-order valence-electron chi connectivity index (χ2n) is 9.68. The van der Waals surface area contributed by atoms with Gasteiger partial charge in [0.2, 0.25) is 0 Å². The molecule has 0 saturated heterocycles. The second-order valence-corrected chi connectivity index (χ2v) is 10.9. The van der Waals surface area contributed by atoms with Crippen molar-refractivity contribution in [3.05, 3.63) is 66.0 Å². The fraction of sp³-hybridized carbons (Fsp3) is 0.308. The third-order valence-corrected chi connectivity index (χ3v) is 8.20. The van der Waals surface area contributed by atoms with Crippen LogP contribution in [0.2, 0.25) is 0 Å². The fourth-order valence-corrected chi connectivity index (χ4v) is 6.52. The number of carboxylic acid groups (broad SMARTS) is 1. The highest BCUT2D eigenvalue weighted by atomic mass is 32.2. The van der Waals surface area contributed by atoms with Crippen LogP contribution in [-0.2, 0) is 10.4 Å². The summed E-state index contributed by atoms with van der Waals surface area (Å²) in [6.45, 7) is 0.206. The summed E-state index contributed by atoms with van der Waals surface area (Å²) in [4.78, 5) is 26.3. The van der Waals surface area contributed by atoms with Gasteiger partial charge in [0.1, 0.15) is 22.4 Å². The zero-order valence-electron chi connectivity index (χ0n) is 19.8. The number of aliphatic hydroxyl groups is 1. The number of hydrogen-bond donors (Lipinski definition) is 2. The van der Waals surface area contributed by atoms with Crippen molar-refractivity contribution in [2.24, 2.45) is 0 Å². The van der Waals surface area contributed by atoms with E-state index in [0.717, 1.165) is 28.4 Å². The Morgan fingerprint density at radius 1 is 1.19 bits per heavy atom. The van der Waals surface area contributed by atoms with Gasteiger partial charge in [0.15, 0.2) is 5.82 Å². The van der Waals surface area contributed by atoms with E-state index in [1.54, 1.807) is 38.4 Å². The summed E-state index contributed by atoms with van der Waals surface area (Å²) in [6.07, 6.45) is 3.67. The molecule has 2 aliphatic heterocycles. The Balaban J connectivity index is 1.53. The molecule has 2 aliphatic rings. The van der Waals surface area contributed by atoms with Gasteiger partial charge < -0.3 is 19.5 Å². The lowest BCUT2D eigenvalue weighted by molar-refractivity contribution is -0.136. The first-order chi connectivity index (χ1) is 17.6. The van der Waals surface area contributed by atoms with Gasteiger partial charge in [-0.15, -0.1) is 11.8 Å². The molecule has 0 radical (unpaired) electrons. The van der Waals surface area contributed by atoms with E-state index in [0.29, 0.717) is 34.0 Å². The number of aromatic nitrogens is 4. The Hall–Kier alpha value is -3.57. The van der Waals surface area contributed by atoms with Gasteiger partial charge in [-0.1, -0.05) is 12.1 Å². The van der Waals surface area contributed by atoms with Gasteiger partial charge in [-0.25, -0.2) is 15.0 Å². The summed E-state index contributed by atoms with van der Waals surface area (Å²) in [5, 5.41) is 19.4. The van der Waals surface area contributed by atoms with Crippen molar-refractivity contribution in [2.45, 2.75) is 54.6 Å². The molecule has 2 aromatic carbocycles. The predicted molar refractivity (Wildman–Crippen MR) is 132 cm³/mol. The quantitative estimate of drug-likeness (QED) is 0.377. The Bertz CT molecular complexity index is 1530. The number of aliphatic carboxylic acids is 1. The Morgan fingerprint density at radius 3 is 2.62 bits per heavy atom. The molecule has 0 amide bonds. The number of rotatable bonds is 5. The number of hydrogen-bond acceptors (Lipinski definition) is 7. The van der Waals surface area contributed by atoms with Crippen molar-refractivity contribution in [1.29, 1.82) is 0 Å². The maximum Gasteiger partial charge on any atom is 0.387 e. The van der Waals surface area contributed by atoms with Crippen LogP contribution in [0, 0.1) is 0 Å². The SMILES string of the molecule is CC(C)(O)c1ncc(-c2ccc3nc4n(c3c2)[C@H]2C[C@H]4C(C(=O)O)Sc3cccc(OC(F)F)c32)cn1. The van der Waals surface area contributed by atoms with Crippen LogP contribution in [0.4, 0.5) is 8.78 Å². The van der Waals surface area contributed by atoms with E-state index >= 15 is 0 Å². The van der Waals surface area contributed by atoms with Crippen molar-refractivity contribution in [3.8, 4) is 16.9 Å². The zero-order chi connectivity index (χ0) is 26.1. The number of carbonyl (C=O) groups is 1. The molecule has 11 heteroatoms. The highest BCUT2D eigenvalue weighted by Gasteiger charge is 2.47. The lowest BCUT2D eigenvalue weighted by Gasteiger charge is -2.22. The lowest BCUT2D eigenvalue weighted by Crippen LogP contribution is -2.23. The molecule has 1 unspecified atom stereocenters. The number of ether oxygens (including phenoxy) is 1. The first-order valence-electron chi connectivity index (χ1n) is 11.7. The number of nitrogens with zero attached hydrogens (tertiary/aromatic N) is 4. The molecular formula is C26H22F2N4O4S. The average molecular weight is 525 g/mol. The first kappa shape index (κ1) is 23.8. The number of benzene rings is 2. The summed E-state index contributed by atoms with van der Waals surface area (Å²) in [7, 11) is 0. The maximum absolute atomic E-state index is 13.3. The minimum Gasteiger partial charge on any atom is -0.480 e. The van der Waals surface area contributed by atoms with Gasteiger partial charge in [0.25, 0.3) is 0 Å². The first-order valence-corrected chi connectivity index (χ1v) is 12.5. The van der Waals surface area contributed by atoms with E-state index in [1.165, 1.54) is 6.07 Å². The summed E-state index contributed by atoms with van der Waals surface area (Å²) < 4.78 is 33.4. The molecule has 190 valence electrons. The van der Waals surface area contributed by atoms with Gasteiger partial charge in [-0.3, -0.25) is 4.79 Å². The molecule has 37 heavy (non-hydrogen) atoms. The molecule has 2 N–H and O–H groups in total. The largest absolute Gasteiger partial charge is 0.480 e. The van der Waals surface area contributed by atoms with Crippen LogP contribution >= 0.6 is 11.8 Å². The third-order valence-electron chi connectivity index (χ3n) is 6.81. The average Bonchev–Trinajstić information content (AvgIpc) is 3.32. The maximum atomic E-state index is 13.3. The normalized spacial score (nSPS) is 20.5. The topological polar surface area (TPSA) is 110 Å². The van der Waals surface area contributed by atoms with Crippen molar-refractivity contribution in [3.63, 3.8) is 0 Å². The van der Waals surface area contributed by atoms with E-state index in [1.807, 2.05) is 22.8 Å². The van der Waals surface area contributed by atoms with Crippen LogP contribution in [0.5, 0.6) is 5.75 Å². The summed E-state index contributed by atoms with van der Waals surface area (Å²) in [5.41, 5.74) is 2.33. The summed E-state index contributed by atoms with van der Waals surface area (Å²) in [5.74, 6) is -0.441. The van der Waals surface area contributed by atoms with Crippen LogP contribution in [-0.4, -0.2) is 47.6 Å². The van der Waals surface area contributed by atoms with Crippen molar-refractivity contribution < 1.29 is 28.5 Å². The molecule has 8 nitrogen and oxygen atoms in total. The van der Waals surface area contributed by atoms with Gasteiger partial charge in [-0.05, 0) is 50.1 Å². The molecule has 0 spiro atoms. The Morgan fingerprint density at radius 2 is 1.95 bits per heavy atom. The molecule has 4 heterocycles. The monoisotopic (exact) mass is 524 g/mol. The molecule has 0 aliphatic carbocycles. The van der Waals surface area contributed by atoms with Crippen LogP contribution in [0.1, 0.15) is 49.4 Å². The smallest absolute Gasteiger partial charge is 0.387 e. The molecule has 0 fully saturated rings. The van der Waals surface area contributed by atoms with Crippen molar-refractivity contribution in [2.75, 3.05) is 0 Å². The summed E-state index contributed by atoms with van der Waals surface area (Å²) >= 11 is 1.15. The van der Waals surface area contributed by atoms with Crippen molar-refractivity contribution in [1.82, 2.24) is 19.5 Å². The molecule has 2 bridgehead atoms. The minimum atomic E-state index is -3.01. The number of fused-ring (bicyclic) bond motifs is 9. The number of alkyl halides is 2. The molecule has 0 saturated carbocycles. The number of halogens is 2. The van der Waals surface area contributed by atoms with E-state index in [4.69, 9.17) is 9.72 Å². The van der Waals surface area contributed by atoms with Gasteiger partial charge >= 0.3 is 12.6 Å². The van der Waals surface area contributed by atoms with Gasteiger partial charge in [0.05, 0.1) is 17.1 Å². The van der Waals surface area contributed by atoms with Crippen LogP contribution < -0.4 is 4.74 Å². The highest BCUT2D eigenvalue weighted by molar-refractivity contribution is 8.00. The second kappa shape index (κ2) is 8.49. The standard InChI is InChI=1S/C26H22F2N4O4S/c1-26(2,35)24-29-10-13(11-30-24)12-6-7-15-16(8-12)32-17-9-14(22(32)31-15)21(23(33)34)37-19-5-3-4-18(20(17)19)36-25(27)28/h3-8,10-11,14,17,21,25,35H,9H2,1-2H3,(H,33,34)/t14-,17-,21?/m0/s1. The minimum absolute atomic E-state index is 0.0382. The van der Waals surface area contributed by atoms with E-state index < -0.39 is 35.4 Å². The number of imidazole rings is 1. The lowest BCUT2D eigenvalue weighted by atomic mass is 9.95. The molecule has 3 atom stereocenters. The molecule has 4 aromatic rings. The number of thioether (sulfide) groups is 1. The van der Waals surface area contributed by atoms with Gasteiger partial charge in [0, 0.05) is 34.3 Å². The predicted octanol–water partition coefficient (Wildman–Crippen LogP) is 4.96. The fourth-order valence-electron chi connectivity index (χ4n) is 5.23. The summed E-state index contributed by atoms with van der Waals surface area (Å²) in [6, 6.07) is 10.1. The zero-order valence-corrected chi connectivity index (χ0v) is 20.6. The van der Waals surface area contributed by atoms with Crippen LogP contribution in [0.3, 0.4) is 0 Å². The van der Waals surface area contributed by atoms with Crippen LogP contribution in [0.15, 0.2) is 53.7 Å². The Labute approximate surface area is 214 Å². The van der Waals surface area contributed by atoms with E-state index in [-0.39, 0.29) is 5.75 Å². The van der Waals surface area contributed by atoms with Crippen molar-refractivity contribution >= 4 is 28.8 Å². The molecule has 6 rings (SSSR count).